The van der Waals surface area contributed by atoms with Crippen molar-refractivity contribution in [2.24, 2.45) is 0 Å². The number of rotatable bonds is 2. The van der Waals surface area contributed by atoms with Crippen LogP contribution >= 0.6 is 11.6 Å². The summed E-state index contributed by atoms with van der Waals surface area (Å²) in [5.74, 6) is -1.01. The van der Waals surface area contributed by atoms with Gasteiger partial charge in [0, 0.05) is 22.9 Å². The number of ether oxygens (including phenoxy) is 1. The Bertz CT molecular complexity index is 481. The van der Waals surface area contributed by atoms with Crippen LogP contribution in [0.3, 0.4) is 0 Å². The molecule has 1 N–H and O–H groups in total. The first-order valence-electron chi connectivity index (χ1n) is 4.69. The first kappa shape index (κ1) is 10.8. The average molecular weight is 238 g/mol. The maximum absolute atomic E-state index is 11.0. The molecule has 2 rings (SSSR count). The lowest BCUT2D eigenvalue weighted by atomic mass is 9.93. The molecule has 16 heavy (non-hydrogen) atoms. The van der Waals surface area contributed by atoms with Gasteiger partial charge in [0.05, 0.1) is 6.07 Å². The Morgan fingerprint density at radius 1 is 1.62 bits per heavy atom. The maximum atomic E-state index is 11.0. The molecule has 1 aliphatic heterocycles. The summed E-state index contributed by atoms with van der Waals surface area (Å²) in [6.07, 6.45) is -0.891. The van der Waals surface area contributed by atoms with E-state index >= 15 is 0 Å². The van der Waals surface area contributed by atoms with E-state index in [4.69, 9.17) is 26.7 Å². The monoisotopic (exact) mass is 237 g/mol. The highest BCUT2D eigenvalue weighted by atomic mass is 35.5. The van der Waals surface area contributed by atoms with E-state index in [0.29, 0.717) is 16.3 Å². The third-order valence-electron chi connectivity index (χ3n) is 2.55. The van der Waals surface area contributed by atoms with Crippen molar-refractivity contribution in [1.29, 1.82) is 5.26 Å². The number of fused-ring (bicyclic) bond motifs is 1. The molecular formula is C11H8ClNO3. The Hall–Kier alpha value is -1.73. The second-order valence-corrected chi connectivity index (χ2v) is 3.96. The number of halogens is 1. The lowest BCUT2D eigenvalue weighted by Gasteiger charge is -2.11. The summed E-state index contributed by atoms with van der Waals surface area (Å²) in [7, 11) is 0. The number of hydrogen-bond acceptors (Lipinski definition) is 3. The summed E-state index contributed by atoms with van der Waals surface area (Å²) in [4.78, 5) is 11.0. The molecule has 0 aromatic heterocycles. The third-order valence-corrected chi connectivity index (χ3v) is 2.78. The van der Waals surface area contributed by atoms with Crippen molar-refractivity contribution in [3.63, 3.8) is 0 Å². The molecule has 1 aromatic rings. The van der Waals surface area contributed by atoms with E-state index in [1.807, 2.05) is 6.07 Å². The fourth-order valence-corrected chi connectivity index (χ4v) is 2.02. The van der Waals surface area contributed by atoms with Gasteiger partial charge >= 0.3 is 5.97 Å². The van der Waals surface area contributed by atoms with Gasteiger partial charge in [-0.1, -0.05) is 11.6 Å². The summed E-state index contributed by atoms with van der Waals surface area (Å²) in [5.41, 5.74) is 0.696. The first-order chi connectivity index (χ1) is 7.63. The molecule has 4 nitrogen and oxygen atoms in total. The largest absolute Gasteiger partial charge is 0.478 e. The number of hydrogen-bond donors (Lipinski definition) is 1. The second-order valence-electron chi connectivity index (χ2n) is 3.53. The zero-order chi connectivity index (χ0) is 11.7. The van der Waals surface area contributed by atoms with Crippen molar-refractivity contribution in [3.05, 3.63) is 28.8 Å². The maximum Gasteiger partial charge on any atom is 0.345 e. The first-order valence-corrected chi connectivity index (χ1v) is 5.07. The number of carboxylic acids is 1. The van der Waals surface area contributed by atoms with E-state index in [9.17, 15) is 4.79 Å². The van der Waals surface area contributed by atoms with Gasteiger partial charge < -0.3 is 9.84 Å². The Morgan fingerprint density at radius 2 is 2.38 bits per heavy atom. The van der Waals surface area contributed by atoms with Crippen LogP contribution < -0.4 is 4.74 Å². The minimum Gasteiger partial charge on any atom is -0.478 e. The van der Waals surface area contributed by atoms with E-state index in [0.717, 1.165) is 0 Å². The van der Waals surface area contributed by atoms with Gasteiger partial charge in [-0.15, -0.1) is 0 Å². The van der Waals surface area contributed by atoms with Gasteiger partial charge in [-0.05, 0) is 18.2 Å². The molecule has 1 heterocycles. The van der Waals surface area contributed by atoms with E-state index in [-0.39, 0.29) is 6.42 Å². The molecule has 0 saturated heterocycles. The van der Waals surface area contributed by atoms with E-state index in [1.165, 1.54) is 0 Å². The van der Waals surface area contributed by atoms with Gasteiger partial charge in [0.2, 0.25) is 6.10 Å². The standard InChI is InChI=1S/C11H8ClNO3/c12-6-1-2-9-8(5-6)7(3-4-13)10(16-9)11(14)15/h1-2,5,7,10H,3H2,(H,14,15). The molecular weight excluding hydrogens is 230 g/mol. The van der Waals surface area contributed by atoms with Crippen molar-refractivity contribution < 1.29 is 14.6 Å². The van der Waals surface area contributed by atoms with Crippen LogP contribution in [-0.4, -0.2) is 17.2 Å². The summed E-state index contributed by atoms with van der Waals surface area (Å²) in [5, 5.41) is 18.2. The van der Waals surface area contributed by atoms with Crippen molar-refractivity contribution in [2.45, 2.75) is 18.4 Å². The molecule has 5 heteroatoms. The Morgan fingerprint density at radius 3 is 3.00 bits per heavy atom. The molecule has 0 aliphatic carbocycles. The minimum atomic E-state index is -1.06. The lowest BCUT2D eigenvalue weighted by molar-refractivity contribution is -0.145. The van der Waals surface area contributed by atoms with Crippen LogP contribution in [0, 0.1) is 11.3 Å². The average Bonchev–Trinajstić information content (AvgIpc) is 2.58. The number of aliphatic carboxylic acids is 1. The fourth-order valence-electron chi connectivity index (χ4n) is 1.84. The van der Waals surface area contributed by atoms with Gasteiger partial charge in [-0.25, -0.2) is 4.79 Å². The SMILES string of the molecule is N#CCC1c2cc(Cl)ccc2OC1C(=O)O. The van der Waals surface area contributed by atoms with Crippen molar-refractivity contribution in [1.82, 2.24) is 0 Å². The summed E-state index contributed by atoms with van der Waals surface area (Å²) in [6.45, 7) is 0. The molecule has 0 fully saturated rings. The zero-order valence-electron chi connectivity index (χ0n) is 8.18. The van der Waals surface area contributed by atoms with Crippen LogP contribution in [0.1, 0.15) is 17.9 Å². The lowest BCUT2D eigenvalue weighted by Crippen LogP contribution is -2.28. The predicted octanol–water partition coefficient (Wildman–Crippen LogP) is 2.18. The van der Waals surface area contributed by atoms with Crippen LogP contribution in [0.2, 0.25) is 5.02 Å². The zero-order valence-corrected chi connectivity index (χ0v) is 8.94. The fraction of sp³-hybridized carbons (Fsp3) is 0.273. The molecule has 1 aliphatic rings. The molecule has 1 aromatic carbocycles. The van der Waals surface area contributed by atoms with E-state index in [2.05, 4.69) is 0 Å². The van der Waals surface area contributed by atoms with Gasteiger partial charge in [0.25, 0.3) is 0 Å². The quantitative estimate of drug-likeness (QED) is 0.856. The number of carboxylic acid groups (broad SMARTS) is 1. The van der Waals surface area contributed by atoms with Crippen molar-refractivity contribution in [2.75, 3.05) is 0 Å². The topological polar surface area (TPSA) is 70.3 Å². The smallest absolute Gasteiger partial charge is 0.345 e. The summed E-state index contributed by atoms with van der Waals surface area (Å²) < 4.78 is 5.28. The van der Waals surface area contributed by atoms with Crippen LogP contribution in [0.5, 0.6) is 5.75 Å². The van der Waals surface area contributed by atoms with Crippen LogP contribution in [0.25, 0.3) is 0 Å². The van der Waals surface area contributed by atoms with Crippen LogP contribution in [0.4, 0.5) is 0 Å². The summed E-state index contributed by atoms with van der Waals surface area (Å²) in [6, 6.07) is 6.89. The van der Waals surface area contributed by atoms with E-state index in [1.54, 1.807) is 18.2 Å². The molecule has 0 radical (unpaired) electrons. The highest BCUT2D eigenvalue weighted by molar-refractivity contribution is 6.30. The van der Waals surface area contributed by atoms with Gasteiger partial charge in [-0.3, -0.25) is 0 Å². The number of nitriles is 1. The van der Waals surface area contributed by atoms with Crippen LogP contribution in [0.15, 0.2) is 18.2 Å². The Labute approximate surface area is 97.0 Å². The van der Waals surface area contributed by atoms with Gasteiger partial charge in [0.15, 0.2) is 0 Å². The third kappa shape index (κ3) is 1.70. The molecule has 0 bridgehead atoms. The van der Waals surface area contributed by atoms with E-state index < -0.39 is 18.0 Å². The number of carbonyl (C=O) groups is 1. The number of benzene rings is 1. The number of nitrogens with zero attached hydrogens (tertiary/aromatic N) is 1. The molecule has 82 valence electrons. The molecule has 2 atom stereocenters. The minimum absolute atomic E-state index is 0.101. The molecule has 0 spiro atoms. The molecule has 0 amide bonds. The Balaban J connectivity index is 2.42. The second kappa shape index (κ2) is 4.03. The molecule has 2 unspecified atom stereocenters. The van der Waals surface area contributed by atoms with Gasteiger partial charge in [0.1, 0.15) is 5.75 Å². The van der Waals surface area contributed by atoms with Crippen molar-refractivity contribution >= 4 is 17.6 Å². The summed E-state index contributed by atoms with van der Waals surface area (Å²) >= 11 is 5.83. The normalized spacial score (nSPS) is 22.0. The predicted molar refractivity (Wildman–Crippen MR) is 56.5 cm³/mol. The highest BCUT2D eigenvalue weighted by Gasteiger charge is 2.39. The highest BCUT2D eigenvalue weighted by Crippen LogP contribution is 2.41. The Kier molecular flexibility index (Phi) is 2.71. The van der Waals surface area contributed by atoms with Crippen molar-refractivity contribution in [3.8, 4) is 11.8 Å². The molecule has 0 saturated carbocycles. The van der Waals surface area contributed by atoms with Crippen LogP contribution in [-0.2, 0) is 4.79 Å². The van der Waals surface area contributed by atoms with Gasteiger partial charge in [-0.2, -0.15) is 5.26 Å².